The van der Waals surface area contributed by atoms with Crippen molar-refractivity contribution in [1.82, 2.24) is 4.98 Å². The Bertz CT molecular complexity index is 509. The van der Waals surface area contributed by atoms with E-state index in [-0.39, 0.29) is 5.41 Å². The number of anilines is 1. The van der Waals surface area contributed by atoms with Crippen molar-refractivity contribution in [3.63, 3.8) is 0 Å². The molecule has 4 heteroatoms. The second-order valence-electron chi connectivity index (χ2n) is 5.25. The molecule has 0 bridgehead atoms. The Hall–Kier alpha value is -1.00. The average molecular weight is 278 g/mol. The summed E-state index contributed by atoms with van der Waals surface area (Å²) in [4.78, 5) is 4.05. The molecule has 0 radical (unpaired) electrons. The Labute approximate surface area is 117 Å². The number of nitrogen functional groups attached to an aromatic ring is 1. The van der Waals surface area contributed by atoms with E-state index in [2.05, 4.69) is 50.0 Å². The van der Waals surface area contributed by atoms with Gasteiger partial charge in [0, 0.05) is 5.75 Å². The first kappa shape index (κ1) is 13.4. The van der Waals surface area contributed by atoms with Gasteiger partial charge < -0.3 is 5.73 Å². The molecule has 0 amide bonds. The monoisotopic (exact) mass is 278 g/mol. The van der Waals surface area contributed by atoms with E-state index in [9.17, 15) is 0 Å². The van der Waals surface area contributed by atoms with Gasteiger partial charge in [0.1, 0.15) is 0 Å². The molecular formula is C14H18N2S2. The number of hydrogen-bond donors (Lipinski definition) is 1. The van der Waals surface area contributed by atoms with E-state index >= 15 is 0 Å². The number of thioether (sulfide) groups is 1. The highest BCUT2D eigenvalue weighted by Gasteiger charge is 2.12. The molecule has 0 aliphatic rings. The smallest absolute Gasteiger partial charge is 0.181 e. The lowest BCUT2D eigenvalue weighted by atomic mass is 9.87. The summed E-state index contributed by atoms with van der Waals surface area (Å²) in [6.45, 7) is 6.70. The molecule has 0 unspecified atom stereocenters. The minimum atomic E-state index is 0.220. The van der Waals surface area contributed by atoms with Crippen molar-refractivity contribution in [2.75, 3.05) is 5.73 Å². The Kier molecular flexibility index (Phi) is 3.97. The molecule has 2 rings (SSSR count). The van der Waals surface area contributed by atoms with Crippen LogP contribution in [0.1, 0.15) is 31.9 Å². The third-order valence-electron chi connectivity index (χ3n) is 2.70. The van der Waals surface area contributed by atoms with E-state index in [1.807, 2.05) is 6.20 Å². The zero-order chi connectivity index (χ0) is 13.2. The maximum Gasteiger partial charge on any atom is 0.181 e. The van der Waals surface area contributed by atoms with Crippen molar-refractivity contribution in [3.8, 4) is 0 Å². The van der Waals surface area contributed by atoms with Crippen LogP contribution in [0.25, 0.3) is 0 Å². The van der Waals surface area contributed by atoms with Crippen molar-refractivity contribution in [2.45, 2.75) is 36.1 Å². The predicted octanol–water partition coefficient (Wildman–Crippen LogP) is 4.32. The van der Waals surface area contributed by atoms with Crippen molar-refractivity contribution >= 4 is 28.2 Å². The Morgan fingerprint density at radius 1 is 1.22 bits per heavy atom. The molecule has 0 aliphatic carbocycles. The maximum absolute atomic E-state index is 5.61. The van der Waals surface area contributed by atoms with Crippen LogP contribution in [0, 0.1) is 0 Å². The summed E-state index contributed by atoms with van der Waals surface area (Å²) in [7, 11) is 0. The van der Waals surface area contributed by atoms with Crippen LogP contribution in [0.2, 0.25) is 0 Å². The minimum Gasteiger partial charge on any atom is -0.375 e. The highest BCUT2D eigenvalue weighted by molar-refractivity contribution is 8.00. The van der Waals surface area contributed by atoms with Crippen LogP contribution in [-0.2, 0) is 11.2 Å². The standard InChI is InChI=1S/C14H18N2S2/c1-14(2,3)11-6-4-10(5-7-11)9-17-12-8-16-13(15)18-12/h4-8H,9H2,1-3H3,(H2,15,16). The van der Waals surface area contributed by atoms with Gasteiger partial charge in [-0.1, -0.05) is 56.4 Å². The van der Waals surface area contributed by atoms with Crippen LogP contribution in [0.15, 0.2) is 34.7 Å². The number of aromatic nitrogens is 1. The second kappa shape index (κ2) is 5.33. The van der Waals surface area contributed by atoms with Gasteiger partial charge >= 0.3 is 0 Å². The summed E-state index contributed by atoms with van der Waals surface area (Å²) in [5.41, 5.74) is 8.54. The molecule has 2 N–H and O–H groups in total. The zero-order valence-electron chi connectivity index (χ0n) is 10.9. The third-order valence-corrected chi connectivity index (χ3v) is 4.80. The van der Waals surface area contributed by atoms with Crippen LogP contribution in [-0.4, -0.2) is 4.98 Å². The largest absolute Gasteiger partial charge is 0.375 e. The van der Waals surface area contributed by atoms with Gasteiger partial charge in [0.15, 0.2) is 5.13 Å². The first-order valence-electron chi connectivity index (χ1n) is 5.89. The van der Waals surface area contributed by atoms with Gasteiger partial charge in [-0.25, -0.2) is 4.98 Å². The Morgan fingerprint density at radius 3 is 2.39 bits per heavy atom. The van der Waals surface area contributed by atoms with Crippen molar-refractivity contribution < 1.29 is 0 Å². The molecule has 0 atom stereocenters. The average Bonchev–Trinajstić information content (AvgIpc) is 2.72. The van der Waals surface area contributed by atoms with Gasteiger partial charge in [0.2, 0.25) is 0 Å². The zero-order valence-corrected chi connectivity index (χ0v) is 12.6. The molecule has 0 saturated carbocycles. The lowest BCUT2D eigenvalue weighted by Gasteiger charge is -2.19. The number of hydrogen-bond acceptors (Lipinski definition) is 4. The molecule has 0 spiro atoms. The van der Waals surface area contributed by atoms with E-state index < -0.39 is 0 Å². The van der Waals surface area contributed by atoms with E-state index in [0.29, 0.717) is 5.13 Å². The lowest BCUT2D eigenvalue weighted by Crippen LogP contribution is -2.10. The molecule has 0 aliphatic heterocycles. The summed E-state index contributed by atoms with van der Waals surface area (Å²) in [6, 6.07) is 8.85. The molecular weight excluding hydrogens is 260 g/mol. The highest BCUT2D eigenvalue weighted by Crippen LogP contribution is 2.30. The topological polar surface area (TPSA) is 38.9 Å². The van der Waals surface area contributed by atoms with Gasteiger partial charge in [-0.05, 0) is 16.5 Å². The first-order chi connectivity index (χ1) is 8.45. The van der Waals surface area contributed by atoms with Crippen molar-refractivity contribution in [1.29, 1.82) is 0 Å². The fraction of sp³-hybridized carbons (Fsp3) is 0.357. The molecule has 1 aromatic carbocycles. The second-order valence-corrected chi connectivity index (χ2v) is 7.59. The number of nitrogens with two attached hydrogens (primary N) is 1. The minimum absolute atomic E-state index is 0.220. The van der Waals surface area contributed by atoms with Gasteiger partial charge in [0.25, 0.3) is 0 Å². The SMILES string of the molecule is CC(C)(C)c1ccc(CSc2cnc(N)s2)cc1. The first-order valence-corrected chi connectivity index (χ1v) is 7.69. The van der Waals surface area contributed by atoms with Crippen LogP contribution in [0.3, 0.4) is 0 Å². The van der Waals surface area contributed by atoms with Crippen LogP contribution in [0.4, 0.5) is 5.13 Å². The molecule has 1 heterocycles. The molecule has 18 heavy (non-hydrogen) atoms. The van der Waals surface area contributed by atoms with E-state index in [1.54, 1.807) is 23.1 Å². The predicted molar refractivity (Wildman–Crippen MR) is 81.2 cm³/mol. The quantitative estimate of drug-likeness (QED) is 0.850. The maximum atomic E-state index is 5.61. The Balaban J connectivity index is 1.98. The molecule has 1 aromatic heterocycles. The Morgan fingerprint density at radius 2 is 1.89 bits per heavy atom. The molecule has 96 valence electrons. The van der Waals surface area contributed by atoms with E-state index in [1.165, 1.54) is 15.3 Å². The molecule has 2 aromatic rings. The molecule has 2 nitrogen and oxygen atoms in total. The number of rotatable bonds is 3. The summed E-state index contributed by atoms with van der Waals surface area (Å²) in [5.74, 6) is 0.964. The molecule has 0 fully saturated rings. The highest BCUT2D eigenvalue weighted by atomic mass is 32.2. The van der Waals surface area contributed by atoms with Gasteiger partial charge in [-0.15, -0.1) is 11.8 Å². The summed E-state index contributed by atoms with van der Waals surface area (Å²) >= 11 is 3.33. The van der Waals surface area contributed by atoms with Gasteiger partial charge in [0.05, 0.1) is 10.4 Å². The van der Waals surface area contributed by atoms with Gasteiger partial charge in [-0.3, -0.25) is 0 Å². The fourth-order valence-electron chi connectivity index (χ4n) is 1.59. The summed E-state index contributed by atoms with van der Waals surface area (Å²) < 4.78 is 1.17. The number of benzene rings is 1. The van der Waals surface area contributed by atoms with Crippen LogP contribution >= 0.6 is 23.1 Å². The normalized spacial score (nSPS) is 11.7. The fourth-order valence-corrected chi connectivity index (χ4v) is 3.31. The number of thiazole rings is 1. The van der Waals surface area contributed by atoms with Crippen LogP contribution < -0.4 is 5.73 Å². The third kappa shape index (κ3) is 3.50. The van der Waals surface area contributed by atoms with Crippen LogP contribution in [0.5, 0.6) is 0 Å². The summed E-state index contributed by atoms with van der Waals surface area (Å²) in [6.07, 6.45) is 1.84. The van der Waals surface area contributed by atoms with Crippen molar-refractivity contribution in [2.24, 2.45) is 0 Å². The van der Waals surface area contributed by atoms with Crippen molar-refractivity contribution in [3.05, 3.63) is 41.6 Å². The van der Waals surface area contributed by atoms with E-state index in [4.69, 9.17) is 5.73 Å². The number of nitrogens with zero attached hydrogens (tertiary/aromatic N) is 1. The summed E-state index contributed by atoms with van der Waals surface area (Å²) in [5, 5.41) is 0.639. The van der Waals surface area contributed by atoms with E-state index in [0.717, 1.165) is 5.75 Å². The lowest BCUT2D eigenvalue weighted by molar-refractivity contribution is 0.590. The van der Waals surface area contributed by atoms with Gasteiger partial charge in [-0.2, -0.15) is 0 Å². The molecule has 0 saturated heterocycles.